The monoisotopic (exact) mass is 378 g/mol. The van der Waals surface area contributed by atoms with Crippen molar-refractivity contribution in [1.29, 1.82) is 0 Å². The van der Waals surface area contributed by atoms with E-state index in [-0.39, 0.29) is 12.5 Å². The van der Waals surface area contributed by atoms with E-state index in [0.29, 0.717) is 11.7 Å². The zero-order chi connectivity index (χ0) is 18.6. The lowest BCUT2D eigenvalue weighted by molar-refractivity contribution is -0.119. The van der Waals surface area contributed by atoms with Crippen LogP contribution in [-0.4, -0.2) is 30.6 Å². The number of hydrogen-bond donors (Lipinski definition) is 0. The average Bonchev–Trinajstić information content (AvgIpc) is 3.35. The minimum atomic E-state index is -0.110. The minimum absolute atomic E-state index is 0.100. The summed E-state index contributed by atoms with van der Waals surface area (Å²) in [7, 11) is 0. The third-order valence-corrected chi connectivity index (χ3v) is 5.23. The lowest BCUT2D eigenvalue weighted by Crippen LogP contribution is -2.33. The van der Waals surface area contributed by atoms with Crippen LogP contribution in [0.4, 0.5) is 5.13 Å². The van der Waals surface area contributed by atoms with Crippen molar-refractivity contribution < 1.29 is 4.79 Å². The van der Waals surface area contributed by atoms with Gasteiger partial charge in [-0.3, -0.25) is 14.7 Å². The summed E-state index contributed by atoms with van der Waals surface area (Å²) in [6, 6.07) is 11.9. The van der Waals surface area contributed by atoms with Crippen molar-refractivity contribution in [3.8, 4) is 0 Å². The smallest absolute Gasteiger partial charge is 0.250 e. The molecule has 0 aliphatic rings. The third-order valence-electron chi connectivity index (χ3n) is 4.19. The number of hydrogen-bond acceptors (Lipinski definition) is 6. The van der Waals surface area contributed by atoms with Gasteiger partial charge in [0, 0.05) is 6.20 Å². The zero-order valence-electron chi connectivity index (χ0n) is 14.8. The van der Waals surface area contributed by atoms with Crippen LogP contribution in [0, 0.1) is 0 Å². The molecule has 0 saturated carbocycles. The van der Waals surface area contributed by atoms with Crippen molar-refractivity contribution in [2.24, 2.45) is 0 Å². The maximum absolute atomic E-state index is 13.0. The van der Waals surface area contributed by atoms with Crippen LogP contribution in [-0.2, 0) is 24.3 Å². The van der Waals surface area contributed by atoms with Gasteiger partial charge in [0.05, 0.1) is 22.5 Å². The van der Waals surface area contributed by atoms with Gasteiger partial charge in [-0.1, -0.05) is 30.4 Å². The molecule has 27 heavy (non-hydrogen) atoms. The predicted molar refractivity (Wildman–Crippen MR) is 104 cm³/mol. The third kappa shape index (κ3) is 3.85. The summed E-state index contributed by atoms with van der Waals surface area (Å²) in [6.07, 6.45) is 5.64. The van der Waals surface area contributed by atoms with Crippen LogP contribution in [0.3, 0.4) is 0 Å². The SMILES string of the molecule is CCc1ccc2nc(N(Cc3ccccn3)C(=O)Cn3cncn3)sc2c1. The molecule has 7 nitrogen and oxygen atoms in total. The van der Waals surface area contributed by atoms with Gasteiger partial charge in [0.1, 0.15) is 19.2 Å². The van der Waals surface area contributed by atoms with E-state index in [1.165, 1.54) is 34.2 Å². The number of carbonyl (C=O) groups is 1. The highest BCUT2D eigenvalue weighted by Crippen LogP contribution is 2.30. The second kappa shape index (κ2) is 7.63. The first-order valence-electron chi connectivity index (χ1n) is 8.65. The molecular weight excluding hydrogens is 360 g/mol. The van der Waals surface area contributed by atoms with Crippen LogP contribution < -0.4 is 4.90 Å². The van der Waals surface area contributed by atoms with Gasteiger partial charge >= 0.3 is 0 Å². The summed E-state index contributed by atoms with van der Waals surface area (Å²) >= 11 is 1.52. The molecule has 1 amide bonds. The molecule has 3 aromatic heterocycles. The van der Waals surface area contributed by atoms with Gasteiger partial charge < -0.3 is 0 Å². The molecule has 0 bridgehead atoms. The fourth-order valence-electron chi connectivity index (χ4n) is 2.75. The maximum atomic E-state index is 13.0. The van der Waals surface area contributed by atoms with Crippen molar-refractivity contribution in [1.82, 2.24) is 24.7 Å². The van der Waals surface area contributed by atoms with E-state index in [4.69, 9.17) is 0 Å². The summed E-state index contributed by atoms with van der Waals surface area (Å²) in [4.78, 5) is 27.6. The van der Waals surface area contributed by atoms with E-state index in [9.17, 15) is 4.79 Å². The molecule has 8 heteroatoms. The Morgan fingerprint density at radius 3 is 2.93 bits per heavy atom. The number of carbonyl (C=O) groups excluding carboxylic acids is 1. The molecule has 4 aromatic rings. The van der Waals surface area contributed by atoms with E-state index >= 15 is 0 Å². The molecule has 3 heterocycles. The quantitative estimate of drug-likeness (QED) is 0.515. The Bertz CT molecular complexity index is 1040. The number of aromatic nitrogens is 5. The van der Waals surface area contributed by atoms with E-state index in [0.717, 1.165) is 22.3 Å². The molecule has 136 valence electrons. The number of rotatable bonds is 6. The van der Waals surface area contributed by atoms with Gasteiger partial charge in [-0.2, -0.15) is 5.10 Å². The van der Waals surface area contributed by atoms with Gasteiger partial charge in [0.15, 0.2) is 5.13 Å². The molecule has 0 aliphatic heterocycles. The number of aryl methyl sites for hydroxylation is 1. The lowest BCUT2D eigenvalue weighted by atomic mass is 10.2. The molecule has 0 fully saturated rings. The van der Waals surface area contributed by atoms with E-state index < -0.39 is 0 Å². The van der Waals surface area contributed by atoms with E-state index in [1.807, 2.05) is 24.3 Å². The molecule has 0 radical (unpaired) electrons. The highest BCUT2D eigenvalue weighted by molar-refractivity contribution is 7.22. The summed E-state index contributed by atoms with van der Waals surface area (Å²) in [5.74, 6) is -0.110. The minimum Gasteiger partial charge on any atom is -0.280 e. The second-order valence-corrected chi connectivity index (χ2v) is 7.06. The van der Waals surface area contributed by atoms with Crippen LogP contribution in [0.2, 0.25) is 0 Å². The first kappa shape index (κ1) is 17.3. The van der Waals surface area contributed by atoms with Crippen molar-refractivity contribution in [3.63, 3.8) is 0 Å². The molecule has 4 rings (SSSR count). The Balaban J connectivity index is 1.69. The number of fused-ring (bicyclic) bond motifs is 1. The second-order valence-electron chi connectivity index (χ2n) is 6.05. The average molecular weight is 378 g/mol. The Hall–Kier alpha value is -3.13. The topological polar surface area (TPSA) is 76.8 Å². The standard InChI is InChI=1S/C19H18N6OS/c1-2-14-6-7-16-17(9-14)27-19(23-16)25(10-15-5-3-4-8-21-15)18(26)11-24-13-20-12-22-24/h3-9,12-13H,2,10-11H2,1H3. The molecule has 0 spiro atoms. The number of amides is 1. The van der Waals surface area contributed by atoms with E-state index in [1.54, 1.807) is 11.1 Å². The molecule has 0 unspecified atom stereocenters. The largest absolute Gasteiger partial charge is 0.280 e. The number of nitrogens with zero attached hydrogens (tertiary/aromatic N) is 6. The number of anilines is 1. The summed E-state index contributed by atoms with van der Waals surface area (Å²) in [6.45, 7) is 2.58. The molecule has 1 aromatic carbocycles. The van der Waals surface area contributed by atoms with E-state index in [2.05, 4.69) is 39.1 Å². The van der Waals surface area contributed by atoms with Crippen molar-refractivity contribution in [2.75, 3.05) is 4.90 Å². The Morgan fingerprint density at radius 2 is 2.19 bits per heavy atom. The Labute approximate surface area is 160 Å². The van der Waals surface area contributed by atoms with Crippen LogP contribution in [0.15, 0.2) is 55.2 Å². The van der Waals surface area contributed by atoms with Gasteiger partial charge in [0.2, 0.25) is 0 Å². The fraction of sp³-hybridized carbons (Fsp3) is 0.211. The molecule has 0 saturated heterocycles. The zero-order valence-corrected chi connectivity index (χ0v) is 15.6. The Morgan fingerprint density at radius 1 is 1.26 bits per heavy atom. The molecule has 0 aliphatic carbocycles. The van der Waals surface area contributed by atoms with Gasteiger partial charge in [-0.15, -0.1) is 0 Å². The highest BCUT2D eigenvalue weighted by Gasteiger charge is 2.21. The lowest BCUT2D eigenvalue weighted by Gasteiger charge is -2.19. The van der Waals surface area contributed by atoms with Crippen molar-refractivity contribution >= 4 is 32.6 Å². The summed E-state index contributed by atoms with van der Waals surface area (Å²) < 4.78 is 2.58. The molecule has 0 atom stereocenters. The number of pyridine rings is 1. The maximum Gasteiger partial charge on any atom is 0.250 e. The predicted octanol–water partition coefficient (Wildman–Crippen LogP) is 3.08. The number of thiazole rings is 1. The highest BCUT2D eigenvalue weighted by atomic mass is 32.1. The van der Waals surface area contributed by atoms with Crippen LogP contribution in [0.25, 0.3) is 10.2 Å². The first-order valence-corrected chi connectivity index (χ1v) is 9.46. The normalized spacial score (nSPS) is 11.0. The van der Waals surface area contributed by atoms with Gasteiger partial charge in [-0.25, -0.2) is 14.6 Å². The summed E-state index contributed by atoms with van der Waals surface area (Å²) in [5, 5.41) is 4.69. The van der Waals surface area contributed by atoms with Crippen LogP contribution in [0.5, 0.6) is 0 Å². The van der Waals surface area contributed by atoms with Crippen molar-refractivity contribution in [2.45, 2.75) is 26.4 Å². The van der Waals surface area contributed by atoms with Gasteiger partial charge in [0.25, 0.3) is 5.91 Å². The molecular formula is C19H18N6OS. The fourth-order valence-corrected chi connectivity index (χ4v) is 3.79. The van der Waals surface area contributed by atoms with Crippen LogP contribution in [0.1, 0.15) is 18.2 Å². The molecule has 0 N–H and O–H groups in total. The summed E-state index contributed by atoms with van der Waals surface area (Å²) in [5.41, 5.74) is 2.95. The number of benzene rings is 1. The first-order chi connectivity index (χ1) is 13.2. The van der Waals surface area contributed by atoms with Crippen LogP contribution >= 0.6 is 11.3 Å². The Kier molecular flexibility index (Phi) is 4.88. The van der Waals surface area contributed by atoms with Crippen molar-refractivity contribution in [3.05, 3.63) is 66.5 Å². The van der Waals surface area contributed by atoms with Gasteiger partial charge in [-0.05, 0) is 36.2 Å².